The van der Waals surface area contributed by atoms with E-state index >= 15 is 0 Å². The van der Waals surface area contributed by atoms with Gasteiger partial charge in [0.2, 0.25) is 15.9 Å². The number of ether oxygens (including phenoxy) is 1. The molecule has 26 heavy (non-hydrogen) atoms. The van der Waals surface area contributed by atoms with Crippen molar-refractivity contribution < 1.29 is 17.9 Å². The maximum atomic E-state index is 12.3. The average Bonchev–Trinajstić information content (AvgIpc) is 2.61. The number of carbonyl (C=O) groups excluding carboxylic acids is 1. The van der Waals surface area contributed by atoms with E-state index in [9.17, 15) is 13.2 Å². The number of sulfonamides is 1. The van der Waals surface area contributed by atoms with Crippen molar-refractivity contribution in [3.8, 4) is 5.75 Å². The molecule has 0 aliphatic heterocycles. The van der Waals surface area contributed by atoms with Gasteiger partial charge in [0.15, 0.2) is 0 Å². The van der Waals surface area contributed by atoms with Crippen LogP contribution in [0.25, 0.3) is 0 Å². The number of nitrogens with one attached hydrogen (secondary N) is 1. The van der Waals surface area contributed by atoms with Crippen molar-refractivity contribution >= 4 is 21.6 Å². The summed E-state index contributed by atoms with van der Waals surface area (Å²) < 4.78 is 30.8. The summed E-state index contributed by atoms with van der Waals surface area (Å²) in [4.78, 5) is 12.3. The van der Waals surface area contributed by atoms with Gasteiger partial charge in [-0.25, -0.2) is 8.42 Å². The van der Waals surface area contributed by atoms with Crippen LogP contribution in [0.5, 0.6) is 5.75 Å². The van der Waals surface area contributed by atoms with Gasteiger partial charge in [-0.1, -0.05) is 42.5 Å². The summed E-state index contributed by atoms with van der Waals surface area (Å²) in [5.74, 6) is 0.223. The molecule has 0 radical (unpaired) electrons. The van der Waals surface area contributed by atoms with Gasteiger partial charge in [0.25, 0.3) is 0 Å². The Hall–Kier alpha value is -2.54. The molecule has 2 rings (SSSR count). The Labute approximate surface area is 154 Å². The number of methoxy groups -OCH3 is 1. The summed E-state index contributed by atoms with van der Waals surface area (Å²) in [5.41, 5.74) is 1.41. The van der Waals surface area contributed by atoms with Gasteiger partial charge in [-0.3, -0.25) is 9.10 Å². The van der Waals surface area contributed by atoms with Gasteiger partial charge in [0.1, 0.15) is 5.75 Å². The minimum absolute atomic E-state index is 0.0343. The van der Waals surface area contributed by atoms with Crippen molar-refractivity contribution in [2.45, 2.75) is 19.4 Å². The first-order valence-corrected chi connectivity index (χ1v) is 10.1. The van der Waals surface area contributed by atoms with E-state index < -0.39 is 10.0 Å². The maximum absolute atomic E-state index is 12.3. The summed E-state index contributed by atoms with van der Waals surface area (Å²) >= 11 is 0. The molecule has 0 heterocycles. The smallest absolute Gasteiger partial charge is 0.232 e. The molecule has 0 aromatic heterocycles. The Morgan fingerprint density at radius 3 is 2.35 bits per heavy atom. The van der Waals surface area contributed by atoms with Crippen LogP contribution in [-0.2, 0) is 14.8 Å². The van der Waals surface area contributed by atoms with Crippen LogP contribution in [-0.4, -0.2) is 34.2 Å². The van der Waals surface area contributed by atoms with Crippen LogP contribution >= 0.6 is 0 Å². The molecular weight excluding hydrogens is 352 g/mol. The number of amides is 1. The zero-order chi connectivity index (χ0) is 19.2. The summed E-state index contributed by atoms with van der Waals surface area (Å²) in [6, 6.07) is 16.3. The van der Waals surface area contributed by atoms with Gasteiger partial charge in [0.05, 0.1) is 25.1 Å². The van der Waals surface area contributed by atoms with E-state index in [4.69, 9.17) is 4.74 Å². The highest BCUT2D eigenvalue weighted by Gasteiger charge is 2.22. The van der Waals surface area contributed by atoms with Crippen molar-refractivity contribution in [2.75, 3.05) is 24.2 Å². The van der Waals surface area contributed by atoms with E-state index in [0.29, 0.717) is 11.4 Å². The molecule has 0 saturated heterocycles. The minimum Gasteiger partial charge on any atom is -0.495 e. The molecule has 1 N–H and O–H groups in total. The molecule has 1 amide bonds. The molecule has 0 saturated carbocycles. The highest BCUT2D eigenvalue weighted by molar-refractivity contribution is 7.92. The first-order chi connectivity index (χ1) is 12.3. The Balaban J connectivity index is 2.07. The fourth-order valence-electron chi connectivity index (χ4n) is 2.64. The Morgan fingerprint density at radius 1 is 1.12 bits per heavy atom. The number of hydrogen-bond acceptors (Lipinski definition) is 4. The number of rotatable bonds is 8. The second-order valence-corrected chi connectivity index (χ2v) is 7.86. The number of carbonyl (C=O) groups is 1. The largest absolute Gasteiger partial charge is 0.495 e. The van der Waals surface area contributed by atoms with Crippen molar-refractivity contribution in [3.05, 3.63) is 60.2 Å². The third-order valence-corrected chi connectivity index (χ3v) is 5.15. The second-order valence-electron chi connectivity index (χ2n) is 5.96. The minimum atomic E-state index is -3.55. The first kappa shape index (κ1) is 19.8. The molecule has 140 valence electrons. The lowest BCUT2D eigenvalue weighted by Gasteiger charge is -2.24. The maximum Gasteiger partial charge on any atom is 0.232 e. The van der Waals surface area contributed by atoms with E-state index in [2.05, 4.69) is 5.32 Å². The Morgan fingerprint density at radius 2 is 1.73 bits per heavy atom. The lowest BCUT2D eigenvalue weighted by atomic mass is 10.1. The van der Waals surface area contributed by atoms with Crippen LogP contribution in [0.3, 0.4) is 0 Å². The lowest BCUT2D eigenvalue weighted by Crippen LogP contribution is -2.35. The van der Waals surface area contributed by atoms with Gasteiger partial charge in [-0.05, 0) is 24.6 Å². The quantitative estimate of drug-likeness (QED) is 0.769. The zero-order valence-corrected chi connectivity index (χ0v) is 16.0. The molecule has 2 aromatic rings. The summed E-state index contributed by atoms with van der Waals surface area (Å²) in [6.45, 7) is 1.92. The van der Waals surface area contributed by atoms with E-state index in [-0.39, 0.29) is 24.9 Å². The van der Waals surface area contributed by atoms with Crippen molar-refractivity contribution in [2.24, 2.45) is 0 Å². The number of hydrogen-bond donors (Lipinski definition) is 1. The number of para-hydroxylation sites is 2. The van der Waals surface area contributed by atoms with Crippen LogP contribution in [0, 0.1) is 0 Å². The first-order valence-electron chi connectivity index (χ1n) is 8.28. The molecule has 0 spiro atoms. The predicted octanol–water partition coefficient (Wildman–Crippen LogP) is 2.73. The van der Waals surface area contributed by atoms with Crippen LogP contribution < -0.4 is 14.4 Å². The summed E-state index contributed by atoms with van der Waals surface area (Å²) in [5, 5.41) is 2.89. The fourth-order valence-corrected chi connectivity index (χ4v) is 3.57. The summed E-state index contributed by atoms with van der Waals surface area (Å²) in [6.07, 6.45) is 1.16. The third kappa shape index (κ3) is 5.23. The fraction of sp³-hybridized carbons (Fsp3) is 0.316. The molecule has 0 fully saturated rings. The lowest BCUT2D eigenvalue weighted by molar-refractivity contribution is -0.121. The number of anilines is 1. The van der Waals surface area contributed by atoms with E-state index in [1.807, 2.05) is 37.3 Å². The van der Waals surface area contributed by atoms with Gasteiger partial charge >= 0.3 is 0 Å². The highest BCUT2D eigenvalue weighted by Crippen LogP contribution is 2.29. The van der Waals surface area contributed by atoms with Crippen LogP contribution in [0.2, 0.25) is 0 Å². The zero-order valence-electron chi connectivity index (χ0n) is 15.2. The van der Waals surface area contributed by atoms with Crippen molar-refractivity contribution in [1.82, 2.24) is 5.32 Å². The van der Waals surface area contributed by atoms with Crippen LogP contribution in [0.15, 0.2) is 54.6 Å². The predicted molar refractivity (Wildman–Crippen MR) is 103 cm³/mol. The van der Waals surface area contributed by atoms with Gasteiger partial charge < -0.3 is 10.1 Å². The molecule has 1 unspecified atom stereocenters. The Kier molecular flexibility index (Phi) is 6.63. The SMILES string of the molecule is COc1ccccc1N(CCC(=O)NC(C)c1ccccc1)S(C)(=O)=O. The normalized spacial score (nSPS) is 12.3. The monoisotopic (exact) mass is 376 g/mol. The molecule has 0 aliphatic carbocycles. The van der Waals surface area contributed by atoms with Crippen molar-refractivity contribution in [1.29, 1.82) is 0 Å². The molecule has 0 aliphatic rings. The van der Waals surface area contributed by atoms with Gasteiger partial charge in [0, 0.05) is 13.0 Å². The van der Waals surface area contributed by atoms with Crippen molar-refractivity contribution in [3.63, 3.8) is 0 Å². The Bertz CT molecular complexity index is 838. The molecule has 1 atom stereocenters. The van der Waals surface area contributed by atoms with Gasteiger partial charge in [-0.2, -0.15) is 0 Å². The van der Waals surface area contributed by atoms with E-state index in [1.54, 1.807) is 24.3 Å². The topological polar surface area (TPSA) is 75.7 Å². The molecule has 6 nitrogen and oxygen atoms in total. The molecule has 2 aromatic carbocycles. The van der Waals surface area contributed by atoms with Crippen LogP contribution in [0.4, 0.5) is 5.69 Å². The number of nitrogens with zero attached hydrogens (tertiary/aromatic N) is 1. The molecule has 0 bridgehead atoms. The molecule has 7 heteroatoms. The second kappa shape index (κ2) is 8.71. The number of benzene rings is 2. The third-order valence-electron chi connectivity index (χ3n) is 3.97. The standard InChI is InChI=1S/C19H24N2O4S/c1-15(16-9-5-4-6-10-16)20-19(22)13-14-21(26(3,23)24)17-11-7-8-12-18(17)25-2/h4-12,15H,13-14H2,1-3H3,(H,20,22). The van der Waals surface area contributed by atoms with E-state index in [0.717, 1.165) is 11.8 Å². The average molecular weight is 376 g/mol. The van der Waals surface area contributed by atoms with E-state index in [1.165, 1.54) is 11.4 Å². The van der Waals surface area contributed by atoms with Gasteiger partial charge in [-0.15, -0.1) is 0 Å². The summed E-state index contributed by atoms with van der Waals surface area (Å²) in [7, 11) is -2.07. The van der Waals surface area contributed by atoms with Crippen LogP contribution in [0.1, 0.15) is 24.9 Å². The molecular formula is C19H24N2O4S. The highest BCUT2D eigenvalue weighted by atomic mass is 32.2.